The second kappa shape index (κ2) is 4.80. The smallest absolute Gasteiger partial charge is 0.293 e. The van der Waals surface area contributed by atoms with Crippen LogP contribution in [0.2, 0.25) is 0 Å². The molecule has 0 bridgehead atoms. The predicted octanol–water partition coefficient (Wildman–Crippen LogP) is 2.81. The number of nitro groups is 1. The molecule has 1 aromatic carbocycles. The number of non-ortho nitro benzene ring substituents is 1. The summed E-state index contributed by atoms with van der Waals surface area (Å²) in [6.07, 6.45) is 5.53. The van der Waals surface area contributed by atoms with Gasteiger partial charge in [-0.3, -0.25) is 10.1 Å². The van der Waals surface area contributed by atoms with Crippen LogP contribution in [-0.4, -0.2) is 19.0 Å². The Bertz CT molecular complexity index is 772. The standard InChI is InChI=1S/C14H14N4O2/c1-2-16-9-7-15-13(16)10-17-8-6-11-4-3-5-12(14(11)17)18(19)20/h3-9H,2,10H2,1H3. The van der Waals surface area contributed by atoms with Crippen molar-refractivity contribution in [2.24, 2.45) is 0 Å². The number of para-hydroxylation sites is 1. The SMILES string of the molecule is CCn1ccnc1Cn1ccc2cccc([N+](=O)[O-])c21. The van der Waals surface area contributed by atoms with E-state index in [0.29, 0.717) is 12.1 Å². The lowest BCUT2D eigenvalue weighted by molar-refractivity contribution is -0.383. The molecule has 0 saturated heterocycles. The highest BCUT2D eigenvalue weighted by atomic mass is 16.6. The summed E-state index contributed by atoms with van der Waals surface area (Å²) in [5.41, 5.74) is 0.769. The number of hydrogen-bond acceptors (Lipinski definition) is 3. The van der Waals surface area contributed by atoms with Crippen molar-refractivity contribution in [3.63, 3.8) is 0 Å². The van der Waals surface area contributed by atoms with Crippen molar-refractivity contribution in [1.82, 2.24) is 14.1 Å². The van der Waals surface area contributed by atoms with Crippen LogP contribution < -0.4 is 0 Å². The molecule has 6 nitrogen and oxygen atoms in total. The van der Waals surface area contributed by atoms with E-state index in [-0.39, 0.29) is 10.6 Å². The Morgan fingerprint density at radius 3 is 2.85 bits per heavy atom. The van der Waals surface area contributed by atoms with Crippen molar-refractivity contribution in [3.8, 4) is 0 Å². The van der Waals surface area contributed by atoms with E-state index in [1.807, 2.05) is 40.6 Å². The molecule has 0 atom stereocenters. The minimum atomic E-state index is -0.342. The first-order valence-electron chi connectivity index (χ1n) is 6.43. The van der Waals surface area contributed by atoms with Gasteiger partial charge in [0.25, 0.3) is 5.69 Å². The average Bonchev–Trinajstić information content (AvgIpc) is 3.06. The molecule has 102 valence electrons. The molecule has 2 aromatic heterocycles. The molecule has 0 N–H and O–H groups in total. The lowest BCUT2D eigenvalue weighted by Gasteiger charge is -2.07. The third-order valence-corrected chi connectivity index (χ3v) is 3.42. The Labute approximate surface area is 115 Å². The molecule has 3 rings (SSSR count). The molecule has 3 aromatic rings. The maximum absolute atomic E-state index is 11.2. The van der Waals surface area contributed by atoms with Crippen LogP contribution in [0.3, 0.4) is 0 Å². The number of benzene rings is 1. The van der Waals surface area contributed by atoms with E-state index >= 15 is 0 Å². The van der Waals surface area contributed by atoms with Crippen molar-refractivity contribution in [3.05, 3.63) is 58.8 Å². The third kappa shape index (κ3) is 1.95. The van der Waals surface area contributed by atoms with E-state index in [2.05, 4.69) is 4.98 Å². The highest BCUT2D eigenvalue weighted by Gasteiger charge is 2.16. The van der Waals surface area contributed by atoms with Crippen molar-refractivity contribution in [1.29, 1.82) is 0 Å². The molecule has 0 spiro atoms. The van der Waals surface area contributed by atoms with Gasteiger partial charge in [0, 0.05) is 36.6 Å². The van der Waals surface area contributed by atoms with Gasteiger partial charge in [0.2, 0.25) is 0 Å². The Morgan fingerprint density at radius 2 is 2.10 bits per heavy atom. The molecule has 6 heteroatoms. The highest BCUT2D eigenvalue weighted by molar-refractivity contribution is 5.88. The molecule has 0 fully saturated rings. The zero-order valence-corrected chi connectivity index (χ0v) is 11.1. The van der Waals surface area contributed by atoms with Crippen LogP contribution in [0.1, 0.15) is 12.7 Å². The summed E-state index contributed by atoms with van der Waals surface area (Å²) in [5.74, 6) is 0.892. The molecule has 2 heterocycles. The zero-order chi connectivity index (χ0) is 14.1. The van der Waals surface area contributed by atoms with Crippen LogP contribution >= 0.6 is 0 Å². The number of hydrogen-bond donors (Lipinski definition) is 0. The van der Waals surface area contributed by atoms with E-state index in [4.69, 9.17) is 0 Å². The average molecular weight is 270 g/mol. The number of nitrogens with zero attached hydrogens (tertiary/aromatic N) is 4. The minimum Gasteiger partial charge on any atom is -0.334 e. The summed E-state index contributed by atoms with van der Waals surface area (Å²) in [7, 11) is 0. The van der Waals surface area contributed by atoms with Crippen LogP contribution in [-0.2, 0) is 13.1 Å². The first-order valence-corrected chi connectivity index (χ1v) is 6.43. The lowest BCUT2D eigenvalue weighted by Crippen LogP contribution is -2.07. The fourth-order valence-corrected chi connectivity index (χ4v) is 2.45. The second-order valence-corrected chi connectivity index (χ2v) is 4.55. The van der Waals surface area contributed by atoms with E-state index in [0.717, 1.165) is 17.8 Å². The van der Waals surface area contributed by atoms with Gasteiger partial charge in [0.1, 0.15) is 11.3 Å². The molecule has 0 saturated carbocycles. The molecule has 0 amide bonds. The Kier molecular flexibility index (Phi) is 2.98. The summed E-state index contributed by atoms with van der Waals surface area (Å²) >= 11 is 0. The zero-order valence-electron chi connectivity index (χ0n) is 11.1. The largest absolute Gasteiger partial charge is 0.334 e. The van der Waals surface area contributed by atoms with Gasteiger partial charge in [-0.1, -0.05) is 12.1 Å². The third-order valence-electron chi connectivity index (χ3n) is 3.42. The normalized spacial score (nSPS) is 11.1. The first kappa shape index (κ1) is 12.4. The van der Waals surface area contributed by atoms with E-state index < -0.39 is 0 Å². The van der Waals surface area contributed by atoms with Gasteiger partial charge in [-0.15, -0.1) is 0 Å². The van der Waals surface area contributed by atoms with Crippen molar-refractivity contribution < 1.29 is 4.92 Å². The van der Waals surface area contributed by atoms with Crippen LogP contribution in [0.25, 0.3) is 10.9 Å². The quantitative estimate of drug-likeness (QED) is 0.541. The molecule has 0 aliphatic heterocycles. The predicted molar refractivity (Wildman–Crippen MR) is 75.6 cm³/mol. The van der Waals surface area contributed by atoms with E-state index in [9.17, 15) is 10.1 Å². The number of fused-ring (bicyclic) bond motifs is 1. The number of rotatable bonds is 4. The molecule has 0 radical (unpaired) electrons. The fraction of sp³-hybridized carbons (Fsp3) is 0.214. The summed E-state index contributed by atoms with van der Waals surface area (Å²) in [6.45, 7) is 3.40. The number of nitro benzene ring substituents is 1. The van der Waals surface area contributed by atoms with E-state index in [1.165, 1.54) is 6.07 Å². The Morgan fingerprint density at radius 1 is 1.25 bits per heavy atom. The summed E-state index contributed by atoms with van der Waals surface area (Å²) in [4.78, 5) is 15.1. The number of aryl methyl sites for hydroxylation is 1. The van der Waals surface area contributed by atoms with Gasteiger partial charge in [-0.05, 0) is 13.0 Å². The monoisotopic (exact) mass is 270 g/mol. The lowest BCUT2D eigenvalue weighted by atomic mass is 10.2. The summed E-state index contributed by atoms with van der Waals surface area (Å²) < 4.78 is 3.91. The fourth-order valence-electron chi connectivity index (χ4n) is 2.45. The van der Waals surface area contributed by atoms with Crippen molar-refractivity contribution in [2.45, 2.75) is 20.0 Å². The van der Waals surface area contributed by atoms with Crippen LogP contribution in [0, 0.1) is 10.1 Å². The molecular formula is C14H14N4O2. The Hall–Kier alpha value is -2.63. The molecule has 0 unspecified atom stereocenters. The van der Waals surface area contributed by atoms with Gasteiger partial charge in [0.05, 0.1) is 11.5 Å². The summed E-state index contributed by atoms with van der Waals surface area (Å²) in [6, 6.07) is 7.01. The van der Waals surface area contributed by atoms with Crippen molar-refractivity contribution in [2.75, 3.05) is 0 Å². The first-order chi connectivity index (χ1) is 9.70. The maximum Gasteiger partial charge on any atom is 0.293 e. The minimum absolute atomic E-state index is 0.127. The summed E-state index contributed by atoms with van der Waals surface area (Å²) in [5, 5.41) is 12.0. The van der Waals surface area contributed by atoms with Gasteiger partial charge < -0.3 is 9.13 Å². The second-order valence-electron chi connectivity index (χ2n) is 4.55. The molecule has 0 aliphatic rings. The topological polar surface area (TPSA) is 65.9 Å². The maximum atomic E-state index is 11.2. The van der Waals surface area contributed by atoms with Gasteiger partial charge in [0.15, 0.2) is 0 Å². The molecule has 20 heavy (non-hydrogen) atoms. The number of aromatic nitrogens is 3. The molecular weight excluding hydrogens is 256 g/mol. The number of imidazole rings is 1. The van der Waals surface area contributed by atoms with E-state index in [1.54, 1.807) is 12.3 Å². The Balaban J connectivity index is 2.10. The van der Waals surface area contributed by atoms with Crippen molar-refractivity contribution >= 4 is 16.6 Å². The van der Waals surface area contributed by atoms with Gasteiger partial charge in [-0.25, -0.2) is 4.98 Å². The van der Waals surface area contributed by atoms with Gasteiger partial charge >= 0.3 is 0 Å². The highest BCUT2D eigenvalue weighted by Crippen LogP contribution is 2.26. The van der Waals surface area contributed by atoms with Crippen LogP contribution in [0.4, 0.5) is 5.69 Å². The van der Waals surface area contributed by atoms with Crippen LogP contribution in [0.5, 0.6) is 0 Å². The van der Waals surface area contributed by atoms with Crippen LogP contribution in [0.15, 0.2) is 42.9 Å². The molecule has 0 aliphatic carbocycles. The van der Waals surface area contributed by atoms with Gasteiger partial charge in [-0.2, -0.15) is 0 Å².